The quantitative estimate of drug-likeness (QED) is 0.910. The van der Waals surface area contributed by atoms with Crippen LogP contribution in [0.1, 0.15) is 42.1 Å². The summed E-state index contributed by atoms with van der Waals surface area (Å²) in [5.41, 5.74) is 0.157. The topological polar surface area (TPSA) is 69.8 Å². The van der Waals surface area contributed by atoms with Crippen LogP contribution in [0, 0.1) is 0 Å². The van der Waals surface area contributed by atoms with Gasteiger partial charge in [0.25, 0.3) is 5.91 Å². The van der Waals surface area contributed by atoms with Gasteiger partial charge in [0.1, 0.15) is 6.26 Å². The number of carbonyl (C=O) groups is 1. The van der Waals surface area contributed by atoms with E-state index < -0.39 is 5.92 Å². The molecule has 128 valence electrons. The third-order valence-electron chi connectivity index (χ3n) is 4.38. The number of oxazole rings is 1. The van der Waals surface area contributed by atoms with Crippen LogP contribution >= 0.6 is 0 Å². The van der Waals surface area contributed by atoms with Crippen molar-refractivity contribution >= 4 is 5.91 Å². The number of aromatic nitrogens is 1. The first-order valence-corrected chi connectivity index (χ1v) is 7.95. The fourth-order valence-corrected chi connectivity index (χ4v) is 3.06. The summed E-state index contributed by atoms with van der Waals surface area (Å²) >= 11 is 0. The molecule has 1 aromatic heterocycles. The van der Waals surface area contributed by atoms with Crippen LogP contribution in [-0.2, 0) is 6.54 Å². The van der Waals surface area contributed by atoms with Gasteiger partial charge in [0.15, 0.2) is 5.69 Å². The van der Waals surface area contributed by atoms with E-state index in [4.69, 9.17) is 4.42 Å². The number of carbonyl (C=O) groups excluding carboxylic acids is 1. The molecule has 3 heterocycles. The molecule has 2 fully saturated rings. The maximum absolute atomic E-state index is 13.4. The van der Waals surface area contributed by atoms with Crippen molar-refractivity contribution in [1.82, 2.24) is 14.8 Å². The van der Waals surface area contributed by atoms with E-state index in [0.29, 0.717) is 31.9 Å². The molecule has 2 aliphatic rings. The van der Waals surface area contributed by atoms with E-state index in [0.717, 1.165) is 6.54 Å². The van der Waals surface area contributed by atoms with Crippen molar-refractivity contribution in [2.24, 2.45) is 0 Å². The Kier molecular flexibility index (Phi) is 4.63. The first-order valence-electron chi connectivity index (χ1n) is 7.95. The summed E-state index contributed by atoms with van der Waals surface area (Å²) in [6.07, 6.45) is 1.47. The van der Waals surface area contributed by atoms with Gasteiger partial charge in [-0.3, -0.25) is 9.69 Å². The molecule has 8 heteroatoms. The van der Waals surface area contributed by atoms with Gasteiger partial charge in [-0.15, -0.1) is 0 Å². The van der Waals surface area contributed by atoms with Crippen LogP contribution in [0.5, 0.6) is 0 Å². The molecule has 0 spiro atoms. The molecule has 0 aromatic carbocycles. The normalized spacial score (nSPS) is 25.5. The van der Waals surface area contributed by atoms with Gasteiger partial charge < -0.3 is 14.4 Å². The Morgan fingerprint density at radius 1 is 1.39 bits per heavy atom. The number of aliphatic hydroxyl groups is 1. The number of alkyl halides is 2. The van der Waals surface area contributed by atoms with Gasteiger partial charge >= 0.3 is 0 Å². The van der Waals surface area contributed by atoms with E-state index in [1.54, 1.807) is 0 Å². The van der Waals surface area contributed by atoms with Crippen molar-refractivity contribution in [3.8, 4) is 0 Å². The van der Waals surface area contributed by atoms with Gasteiger partial charge in [0.2, 0.25) is 11.8 Å². The number of likely N-dealkylation sites (tertiary alicyclic amines) is 2. The van der Waals surface area contributed by atoms with Crippen molar-refractivity contribution < 1.29 is 23.1 Å². The SMILES string of the molecule is O=C(c1coc(CN2CCC(O)C2)n1)N1CCCC(F)(F)CC1. The van der Waals surface area contributed by atoms with Crippen molar-refractivity contribution in [2.75, 3.05) is 26.2 Å². The maximum Gasteiger partial charge on any atom is 0.275 e. The number of hydrogen-bond donors (Lipinski definition) is 1. The smallest absolute Gasteiger partial charge is 0.275 e. The lowest BCUT2D eigenvalue weighted by Crippen LogP contribution is -2.33. The van der Waals surface area contributed by atoms with Crippen LogP contribution in [-0.4, -0.2) is 64.0 Å². The van der Waals surface area contributed by atoms with Crippen LogP contribution in [0.2, 0.25) is 0 Å². The predicted molar refractivity (Wildman–Crippen MR) is 77.1 cm³/mol. The average Bonchev–Trinajstić information content (AvgIpc) is 3.07. The summed E-state index contributed by atoms with van der Waals surface area (Å²) in [4.78, 5) is 20.0. The van der Waals surface area contributed by atoms with Gasteiger partial charge in [-0.2, -0.15) is 0 Å². The van der Waals surface area contributed by atoms with E-state index in [1.165, 1.54) is 11.2 Å². The van der Waals surface area contributed by atoms with Gasteiger partial charge in [0, 0.05) is 39.0 Å². The highest BCUT2D eigenvalue weighted by Gasteiger charge is 2.34. The highest BCUT2D eigenvalue weighted by molar-refractivity contribution is 5.92. The lowest BCUT2D eigenvalue weighted by molar-refractivity contribution is -0.0126. The van der Waals surface area contributed by atoms with Crippen LogP contribution in [0.15, 0.2) is 10.7 Å². The standard InChI is InChI=1S/C15H21F2N3O3/c16-15(17)3-1-5-20(7-4-15)14(22)12-10-23-13(18-12)9-19-6-2-11(21)8-19/h10-11,21H,1-9H2. The fourth-order valence-electron chi connectivity index (χ4n) is 3.06. The highest BCUT2D eigenvalue weighted by Crippen LogP contribution is 2.28. The molecule has 1 N–H and O–H groups in total. The molecule has 0 bridgehead atoms. The molecule has 0 radical (unpaired) electrons. The minimum absolute atomic E-state index is 0.0341. The Labute approximate surface area is 133 Å². The summed E-state index contributed by atoms with van der Waals surface area (Å²) < 4.78 is 32.1. The molecule has 0 aliphatic carbocycles. The molecule has 1 atom stereocenters. The number of aliphatic hydroxyl groups excluding tert-OH is 1. The van der Waals surface area contributed by atoms with Gasteiger partial charge in [-0.05, 0) is 12.8 Å². The van der Waals surface area contributed by atoms with E-state index in [2.05, 4.69) is 4.98 Å². The zero-order chi connectivity index (χ0) is 16.4. The summed E-state index contributed by atoms with van der Waals surface area (Å²) in [7, 11) is 0. The average molecular weight is 329 g/mol. The minimum atomic E-state index is -2.69. The van der Waals surface area contributed by atoms with Gasteiger partial charge in [-0.1, -0.05) is 0 Å². The summed E-state index contributed by atoms with van der Waals surface area (Å²) in [5.74, 6) is -2.65. The molecular weight excluding hydrogens is 308 g/mol. The fraction of sp³-hybridized carbons (Fsp3) is 0.733. The molecule has 3 rings (SSSR count). The summed E-state index contributed by atoms with van der Waals surface area (Å²) in [6, 6.07) is 0. The molecule has 1 aromatic rings. The summed E-state index contributed by atoms with van der Waals surface area (Å²) in [5, 5.41) is 9.50. The Morgan fingerprint density at radius 3 is 2.96 bits per heavy atom. The molecule has 1 unspecified atom stereocenters. The number of halogens is 2. The highest BCUT2D eigenvalue weighted by atomic mass is 19.3. The molecule has 2 aliphatic heterocycles. The predicted octanol–water partition coefficient (Wildman–Crippen LogP) is 1.50. The number of hydrogen-bond acceptors (Lipinski definition) is 5. The van der Waals surface area contributed by atoms with Crippen LogP contribution < -0.4 is 0 Å². The zero-order valence-electron chi connectivity index (χ0n) is 12.9. The Hall–Kier alpha value is -1.54. The monoisotopic (exact) mass is 329 g/mol. The molecule has 1 amide bonds. The summed E-state index contributed by atoms with van der Waals surface area (Å²) in [6.45, 7) is 2.10. The van der Waals surface area contributed by atoms with Gasteiger partial charge in [-0.25, -0.2) is 13.8 Å². The van der Waals surface area contributed by atoms with E-state index in [1.807, 2.05) is 4.90 Å². The zero-order valence-corrected chi connectivity index (χ0v) is 12.9. The lowest BCUT2D eigenvalue weighted by atomic mass is 10.1. The van der Waals surface area contributed by atoms with E-state index >= 15 is 0 Å². The van der Waals surface area contributed by atoms with E-state index in [-0.39, 0.29) is 43.5 Å². The van der Waals surface area contributed by atoms with Crippen molar-refractivity contribution in [3.63, 3.8) is 0 Å². The van der Waals surface area contributed by atoms with Crippen LogP contribution in [0.4, 0.5) is 8.78 Å². The molecular formula is C15H21F2N3O3. The second-order valence-corrected chi connectivity index (χ2v) is 6.31. The first kappa shape index (κ1) is 16.3. The van der Waals surface area contributed by atoms with Crippen molar-refractivity contribution in [1.29, 1.82) is 0 Å². The largest absolute Gasteiger partial charge is 0.447 e. The van der Waals surface area contributed by atoms with Crippen LogP contribution in [0.25, 0.3) is 0 Å². The van der Waals surface area contributed by atoms with Crippen molar-refractivity contribution in [3.05, 3.63) is 17.8 Å². The first-order chi connectivity index (χ1) is 10.9. The maximum atomic E-state index is 13.4. The van der Waals surface area contributed by atoms with Crippen molar-refractivity contribution in [2.45, 2.75) is 44.3 Å². The van der Waals surface area contributed by atoms with Gasteiger partial charge in [0.05, 0.1) is 12.6 Å². The molecule has 23 heavy (non-hydrogen) atoms. The Balaban J connectivity index is 1.59. The number of β-amino-alcohol motifs (C(OH)–C–C–N with tert-alkyl or cyclic N) is 1. The number of amides is 1. The molecule has 0 saturated carbocycles. The lowest BCUT2D eigenvalue weighted by Gasteiger charge is -2.19. The third-order valence-corrected chi connectivity index (χ3v) is 4.38. The number of nitrogens with zero attached hydrogens (tertiary/aromatic N) is 3. The number of rotatable bonds is 3. The molecule has 2 saturated heterocycles. The molecule has 6 nitrogen and oxygen atoms in total. The van der Waals surface area contributed by atoms with Crippen LogP contribution in [0.3, 0.4) is 0 Å². The second kappa shape index (κ2) is 6.52. The minimum Gasteiger partial charge on any atom is -0.447 e. The third kappa shape index (κ3) is 4.06. The Morgan fingerprint density at radius 2 is 2.22 bits per heavy atom. The second-order valence-electron chi connectivity index (χ2n) is 6.31. The Bertz CT molecular complexity index is 564. The van der Waals surface area contributed by atoms with E-state index in [9.17, 15) is 18.7 Å².